The highest BCUT2D eigenvalue weighted by Gasteiger charge is 2.34. The first-order chi connectivity index (χ1) is 12.5. The van der Waals surface area contributed by atoms with Crippen LogP contribution in [-0.2, 0) is 16.0 Å². The summed E-state index contributed by atoms with van der Waals surface area (Å²) in [5.74, 6) is 0.454. The molecule has 1 heterocycles. The van der Waals surface area contributed by atoms with Crippen molar-refractivity contribution in [2.75, 3.05) is 16.9 Å². The van der Waals surface area contributed by atoms with Crippen molar-refractivity contribution in [1.29, 1.82) is 0 Å². The fourth-order valence-corrected chi connectivity index (χ4v) is 4.04. The van der Waals surface area contributed by atoms with Crippen molar-refractivity contribution in [1.82, 2.24) is 4.90 Å². The Labute approximate surface area is 156 Å². The van der Waals surface area contributed by atoms with E-state index in [1.807, 2.05) is 31.2 Å². The number of benzene rings is 2. The van der Waals surface area contributed by atoms with Gasteiger partial charge in [0.05, 0.1) is 5.88 Å². The number of amides is 2. The first-order valence-electron chi connectivity index (χ1n) is 8.53. The summed E-state index contributed by atoms with van der Waals surface area (Å²) in [4.78, 5) is 26.7. The van der Waals surface area contributed by atoms with E-state index < -0.39 is 6.04 Å². The van der Waals surface area contributed by atoms with Gasteiger partial charge in [0.25, 0.3) is 0 Å². The molecule has 0 aliphatic carbocycles. The monoisotopic (exact) mass is 372 g/mol. The molecule has 1 saturated heterocycles. The average Bonchev–Trinajstić information content (AvgIpc) is 3.13. The number of nitrogens with zero attached hydrogens (tertiary/aromatic N) is 1. The molecule has 136 valence electrons. The lowest BCUT2D eigenvalue weighted by Crippen LogP contribution is -2.44. The van der Waals surface area contributed by atoms with Crippen LogP contribution >= 0.6 is 11.8 Å². The molecule has 1 fully saturated rings. The second-order valence-corrected chi connectivity index (χ2v) is 7.33. The largest absolute Gasteiger partial charge is 0.324 e. The summed E-state index contributed by atoms with van der Waals surface area (Å²) in [7, 11) is 0. The van der Waals surface area contributed by atoms with E-state index >= 15 is 0 Å². The number of rotatable bonds is 5. The predicted molar refractivity (Wildman–Crippen MR) is 102 cm³/mol. The van der Waals surface area contributed by atoms with Crippen LogP contribution in [0, 0.1) is 12.7 Å². The molecule has 1 N–H and O–H groups in total. The van der Waals surface area contributed by atoms with E-state index in [0.717, 1.165) is 11.3 Å². The Morgan fingerprint density at radius 3 is 2.65 bits per heavy atom. The topological polar surface area (TPSA) is 49.4 Å². The highest BCUT2D eigenvalue weighted by molar-refractivity contribution is 7.99. The van der Waals surface area contributed by atoms with E-state index in [0.29, 0.717) is 23.6 Å². The standard InChI is InChI=1S/C20H21FN2O2S/c1-14-6-9-16(10-7-14)22-20(25)18-12-26-13-23(18)19(24)11-8-15-4-2-3-5-17(15)21/h2-7,9-10,18H,8,11-13H2,1H3,(H,22,25). The molecular weight excluding hydrogens is 351 g/mol. The van der Waals surface area contributed by atoms with E-state index in [1.165, 1.54) is 6.07 Å². The van der Waals surface area contributed by atoms with Crippen molar-refractivity contribution in [3.63, 3.8) is 0 Å². The maximum atomic E-state index is 13.7. The van der Waals surface area contributed by atoms with E-state index in [4.69, 9.17) is 0 Å². The van der Waals surface area contributed by atoms with Gasteiger partial charge in [-0.05, 0) is 37.1 Å². The van der Waals surface area contributed by atoms with Crippen LogP contribution in [0.4, 0.5) is 10.1 Å². The quantitative estimate of drug-likeness (QED) is 0.872. The molecular formula is C20H21FN2O2S. The maximum Gasteiger partial charge on any atom is 0.248 e. The minimum atomic E-state index is -0.491. The summed E-state index contributed by atoms with van der Waals surface area (Å²) in [6.07, 6.45) is 0.523. The number of nitrogens with one attached hydrogen (secondary N) is 1. The van der Waals surface area contributed by atoms with Crippen LogP contribution < -0.4 is 5.32 Å². The average molecular weight is 372 g/mol. The number of hydrogen-bond acceptors (Lipinski definition) is 3. The molecule has 0 bridgehead atoms. The summed E-state index contributed by atoms with van der Waals surface area (Å²) in [5, 5.41) is 2.87. The number of hydrogen-bond donors (Lipinski definition) is 1. The minimum Gasteiger partial charge on any atom is -0.324 e. The second-order valence-electron chi connectivity index (χ2n) is 6.33. The number of aryl methyl sites for hydroxylation is 2. The van der Waals surface area contributed by atoms with Crippen LogP contribution in [0.15, 0.2) is 48.5 Å². The molecule has 2 aromatic rings. The lowest BCUT2D eigenvalue weighted by atomic mass is 10.1. The summed E-state index contributed by atoms with van der Waals surface area (Å²) in [6, 6.07) is 13.5. The number of thioether (sulfide) groups is 1. The lowest BCUT2D eigenvalue weighted by molar-refractivity contribution is -0.136. The van der Waals surface area contributed by atoms with Gasteiger partial charge in [-0.25, -0.2) is 4.39 Å². The number of carbonyl (C=O) groups excluding carboxylic acids is 2. The molecule has 26 heavy (non-hydrogen) atoms. The van der Waals surface area contributed by atoms with E-state index in [2.05, 4.69) is 5.32 Å². The van der Waals surface area contributed by atoms with Crippen LogP contribution in [0.1, 0.15) is 17.5 Å². The Morgan fingerprint density at radius 2 is 1.92 bits per heavy atom. The van der Waals surface area contributed by atoms with Gasteiger partial charge in [-0.2, -0.15) is 0 Å². The Bertz CT molecular complexity index is 795. The third kappa shape index (κ3) is 4.43. The van der Waals surface area contributed by atoms with Crippen molar-refractivity contribution in [2.24, 2.45) is 0 Å². The zero-order valence-electron chi connectivity index (χ0n) is 14.6. The Kier molecular flexibility index (Phi) is 5.93. The third-order valence-electron chi connectivity index (χ3n) is 4.39. The van der Waals surface area contributed by atoms with Gasteiger partial charge in [0.15, 0.2) is 0 Å². The normalized spacial score (nSPS) is 16.5. The summed E-state index contributed by atoms with van der Waals surface area (Å²) < 4.78 is 13.7. The molecule has 1 aliphatic rings. The van der Waals surface area contributed by atoms with Crippen LogP contribution in [0.3, 0.4) is 0 Å². The van der Waals surface area contributed by atoms with Crippen molar-refractivity contribution in [2.45, 2.75) is 25.8 Å². The van der Waals surface area contributed by atoms with Gasteiger partial charge in [-0.15, -0.1) is 11.8 Å². The summed E-state index contributed by atoms with van der Waals surface area (Å²) in [6.45, 7) is 1.98. The van der Waals surface area contributed by atoms with E-state index in [9.17, 15) is 14.0 Å². The summed E-state index contributed by atoms with van der Waals surface area (Å²) >= 11 is 1.55. The zero-order valence-corrected chi connectivity index (χ0v) is 15.4. The van der Waals surface area contributed by atoms with Gasteiger partial charge in [-0.3, -0.25) is 9.59 Å². The molecule has 2 amide bonds. The maximum absolute atomic E-state index is 13.7. The second kappa shape index (κ2) is 8.36. The van der Waals surface area contributed by atoms with Crippen molar-refractivity contribution in [3.05, 3.63) is 65.5 Å². The molecule has 0 radical (unpaired) electrons. The minimum absolute atomic E-state index is 0.123. The Morgan fingerprint density at radius 1 is 1.19 bits per heavy atom. The molecule has 4 nitrogen and oxygen atoms in total. The van der Waals surface area contributed by atoms with E-state index in [-0.39, 0.29) is 24.1 Å². The first kappa shape index (κ1) is 18.5. The highest BCUT2D eigenvalue weighted by Crippen LogP contribution is 2.24. The predicted octanol–water partition coefficient (Wildman–Crippen LogP) is 3.61. The molecule has 0 aromatic heterocycles. The fraction of sp³-hybridized carbons (Fsp3) is 0.300. The molecule has 0 spiro atoms. The van der Waals surface area contributed by atoms with Gasteiger partial charge >= 0.3 is 0 Å². The number of carbonyl (C=O) groups is 2. The van der Waals surface area contributed by atoms with Gasteiger partial charge < -0.3 is 10.2 Å². The highest BCUT2D eigenvalue weighted by atomic mass is 32.2. The third-order valence-corrected chi connectivity index (χ3v) is 5.40. The van der Waals surface area contributed by atoms with Crippen LogP contribution in [0.2, 0.25) is 0 Å². The molecule has 0 saturated carbocycles. The lowest BCUT2D eigenvalue weighted by Gasteiger charge is -2.23. The molecule has 2 aromatic carbocycles. The molecule has 6 heteroatoms. The molecule has 1 atom stereocenters. The molecule has 1 unspecified atom stereocenters. The Balaban J connectivity index is 1.59. The molecule has 3 rings (SSSR count). The zero-order chi connectivity index (χ0) is 18.5. The van der Waals surface area contributed by atoms with Crippen LogP contribution in [0.25, 0.3) is 0 Å². The van der Waals surface area contributed by atoms with Crippen LogP contribution in [0.5, 0.6) is 0 Å². The smallest absolute Gasteiger partial charge is 0.248 e. The van der Waals surface area contributed by atoms with Gasteiger partial charge in [-0.1, -0.05) is 35.9 Å². The van der Waals surface area contributed by atoms with Gasteiger partial charge in [0.2, 0.25) is 11.8 Å². The summed E-state index contributed by atoms with van der Waals surface area (Å²) in [5.41, 5.74) is 2.36. The van der Waals surface area contributed by atoms with Gasteiger partial charge in [0, 0.05) is 17.9 Å². The Hall–Kier alpha value is -2.34. The SMILES string of the molecule is Cc1ccc(NC(=O)C2CSCN2C(=O)CCc2ccccc2F)cc1. The number of halogens is 1. The van der Waals surface area contributed by atoms with Crippen molar-refractivity contribution in [3.8, 4) is 0 Å². The van der Waals surface area contributed by atoms with Gasteiger partial charge in [0.1, 0.15) is 11.9 Å². The fourth-order valence-electron chi connectivity index (χ4n) is 2.85. The van der Waals surface area contributed by atoms with Crippen molar-refractivity contribution >= 4 is 29.3 Å². The first-order valence-corrected chi connectivity index (χ1v) is 9.68. The van der Waals surface area contributed by atoms with E-state index in [1.54, 1.807) is 34.9 Å². The van der Waals surface area contributed by atoms with Crippen molar-refractivity contribution < 1.29 is 14.0 Å². The molecule has 1 aliphatic heterocycles. The van der Waals surface area contributed by atoms with Crippen LogP contribution in [-0.4, -0.2) is 34.4 Å². The number of anilines is 1.